The van der Waals surface area contributed by atoms with Crippen LogP contribution in [0.25, 0.3) is 0 Å². The monoisotopic (exact) mass is 484 g/mol. The predicted octanol–water partition coefficient (Wildman–Crippen LogP) is 5.31. The maximum absolute atomic E-state index is 12.9. The van der Waals surface area contributed by atoms with Gasteiger partial charge >= 0.3 is 0 Å². The zero-order chi connectivity index (χ0) is 25.3. The summed E-state index contributed by atoms with van der Waals surface area (Å²) in [6.07, 6.45) is 4.43. The highest BCUT2D eigenvalue weighted by molar-refractivity contribution is 6.04. The molecule has 1 fully saturated rings. The third-order valence-electron chi connectivity index (χ3n) is 6.16. The van der Waals surface area contributed by atoms with Gasteiger partial charge in [-0.05, 0) is 74.4 Å². The van der Waals surface area contributed by atoms with Crippen LogP contribution in [0.15, 0.2) is 72.8 Å². The molecule has 4 rings (SSSR count). The molecule has 1 heterocycles. The highest BCUT2D eigenvalue weighted by Gasteiger charge is 2.17. The van der Waals surface area contributed by atoms with Crippen molar-refractivity contribution in [2.75, 3.05) is 35.6 Å². The molecule has 0 unspecified atom stereocenters. The number of nitrogens with zero attached hydrogens (tertiary/aromatic N) is 1. The zero-order valence-electron chi connectivity index (χ0n) is 20.5. The lowest BCUT2D eigenvalue weighted by atomic mass is 10.1. The molecule has 0 atom stereocenters. The van der Waals surface area contributed by atoms with Gasteiger partial charge in [0.25, 0.3) is 11.8 Å². The Labute approximate surface area is 211 Å². The third-order valence-corrected chi connectivity index (χ3v) is 6.16. The van der Waals surface area contributed by atoms with E-state index < -0.39 is 0 Å². The van der Waals surface area contributed by atoms with Gasteiger partial charge in [-0.3, -0.25) is 14.4 Å². The first-order chi connectivity index (χ1) is 17.5. The van der Waals surface area contributed by atoms with Crippen molar-refractivity contribution >= 4 is 34.8 Å². The van der Waals surface area contributed by atoms with Crippen molar-refractivity contribution in [3.05, 3.63) is 89.5 Å². The van der Waals surface area contributed by atoms with Gasteiger partial charge in [0, 0.05) is 41.3 Å². The first-order valence-electron chi connectivity index (χ1n) is 12.4. The Balaban J connectivity index is 1.27. The van der Waals surface area contributed by atoms with E-state index in [-0.39, 0.29) is 24.3 Å². The Bertz CT molecular complexity index is 1220. The van der Waals surface area contributed by atoms with Crippen LogP contribution in [0.3, 0.4) is 0 Å². The molecule has 0 bridgehead atoms. The Hall–Kier alpha value is -4.13. The highest BCUT2D eigenvalue weighted by Crippen LogP contribution is 2.18. The van der Waals surface area contributed by atoms with Crippen LogP contribution < -0.4 is 16.0 Å². The summed E-state index contributed by atoms with van der Waals surface area (Å²) in [5.41, 5.74) is 4.23. The smallest absolute Gasteiger partial charge is 0.255 e. The van der Waals surface area contributed by atoms with E-state index in [9.17, 15) is 14.4 Å². The number of aryl methyl sites for hydroxylation is 1. The molecule has 3 aromatic rings. The van der Waals surface area contributed by atoms with E-state index >= 15 is 0 Å². The topological polar surface area (TPSA) is 90.5 Å². The van der Waals surface area contributed by atoms with Gasteiger partial charge in [0.2, 0.25) is 5.91 Å². The first-order valence-corrected chi connectivity index (χ1v) is 12.4. The number of likely N-dealkylation sites (tertiary alicyclic amines) is 1. The van der Waals surface area contributed by atoms with Crippen LogP contribution in [0.4, 0.5) is 17.1 Å². The van der Waals surface area contributed by atoms with Gasteiger partial charge in [0.15, 0.2) is 0 Å². The maximum atomic E-state index is 12.9. The van der Waals surface area contributed by atoms with Crippen molar-refractivity contribution in [3.63, 3.8) is 0 Å². The van der Waals surface area contributed by atoms with Crippen LogP contribution >= 0.6 is 0 Å². The molecule has 7 heteroatoms. The molecule has 3 aromatic carbocycles. The van der Waals surface area contributed by atoms with E-state index in [4.69, 9.17) is 0 Å². The molecule has 0 aliphatic carbocycles. The Morgan fingerprint density at radius 1 is 0.722 bits per heavy atom. The molecule has 7 nitrogen and oxygen atoms in total. The van der Waals surface area contributed by atoms with Gasteiger partial charge in [-0.1, -0.05) is 36.6 Å². The number of carbonyl (C=O) groups is 3. The lowest BCUT2D eigenvalue weighted by Gasteiger charge is -2.20. The Morgan fingerprint density at radius 2 is 1.36 bits per heavy atom. The number of anilines is 3. The van der Waals surface area contributed by atoms with E-state index in [1.807, 2.05) is 48.2 Å². The zero-order valence-corrected chi connectivity index (χ0v) is 20.5. The average molecular weight is 485 g/mol. The van der Waals surface area contributed by atoms with Gasteiger partial charge in [0.05, 0.1) is 6.54 Å². The second-order valence-electron chi connectivity index (χ2n) is 9.09. The second kappa shape index (κ2) is 12.0. The highest BCUT2D eigenvalue weighted by atomic mass is 16.2. The van der Waals surface area contributed by atoms with E-state index in [0.717, 1.165) is 37.2 Å². The quantitative estimate of drug-likeness (QED) is 0.424. The molecule has 0 saturated carbocycles. The van der Waals surface area contributed by atoms with Crippen molar-refractivity contribution in [1.29, 1.82) is 0 Å². The average Bonchev–Trinajstić information content (AvgIpc) is 3.18. The van der Waals surface area contributed by atoms with Crippen LogP contribution in [0.2, 0.25) is 0 Å². The lowest BCUT2D eigenvalue weighted by molar-refractivity contribution is -0.114. The van der Waals surface area contributed by atoms with Crippen LogP contribution in [0.5, 0.6) is 0 Å². The standard InChI is InChI=1S/C29H32N4O3/c1-21-8-6-9-22(18-21)28(35)32-25-14-12-24(13-15-25)31-27(34)20-30-26-11-7-10-23(19-26)29(36)33-16-4-2-3-5-17-33/h6-15,18-19,30H,2-5,16-17,20H2,1H3,(H,31,34)(H,32,35). The number of benzene rings is 3. The largest absolute Gasteiger partial charge is 0.376 e. The fourth-order valence-corrected chi connectivity index (χ4v) is 4.23. The number of nitrogens with one attached hydrogen (secondary N) is 3. The summed E-state index contributed by atoms with van der Waals surface area (Å²) in [6.45, 7) is 3.60. The van der Waals surface area contributed by atoms with Crippen molar-refractivity contribution < 1.29 is 14.4 Å². The summed E-state index contributed by atoms with van der Waals surface area (Å²) in [5, 5.41) is 8.79. The first kappa shape index (κ1) is 25.0. The fourth-order valence-electron chi connectivity index (χ4n) is 4.23. The van der Waals surface area contributed by atoms with Crippen molar-refractivity contribution in [2.45, 2.75) is 32.6 Å². The van der Waals surface area contributed by atoms with E-state index in [1.54, 1.807) is 36.4 Å². The number of hydrogen-bond acceptors (Lipinski definition) is 4. The molecule has 0 radical (unpaired) electrons. The number of carbonyl (C=O) groups excluding carboxylic acids is 3. The third kappa shape index (κ3) is 6.95. The van der Waals surface area contributed by atoms with Gasteiger partial charge < -0.3 is 20.9 Å². The normalized spacial score (nSPS) is 13.4. The molecule has 0 spiro atoms. The summed E-state index contributed by atoms with van der Waals surface area (Å²) in [6, 6.07) is 21.6. The minimum absolute atomic E-state index is 0.0413. The second-order valence-corrected chi connectivity index (χ2v) is 9.09. The minimum Gasteiger partial charge on any atom is -0.376 e. The molecular formula is C29H32N4O3. The summed E-state index contributed by atoms with van der Waals surface area (Å²) in [4.78, 5) is 39.6. The molecule has 1 aliphatic rings. The molecule has 36 heavy (non-hydrogen) atoms. The molecule has 0 aromatic heterocycles. The summed E-state index contributed by atoms with van der Waals surface area (Å²) in [7, 11) is 0. The molecule has 3 N–H and O–H groups in total. The molecule has 1 aliphatic heterocycles. The van der Waals surface area contributed by atoms with E-state index in [1.165, 1.54) is 12.8 Å². The van der Waals surface area contributed by atoms with Crippen LogP contribution in [0.1, 0.15) is 52.0 Å². The summed E-state index contributed by atoms with van der Waals surface area (Å²) < 4.78 is 0. The lowest BCUT2D eigenvalue weighted by Crippen LogP contribution is -2.31. The van der Waals surface area contributed by atoms with E-state index in [2.05, 4.69) is 16.0 Å². The van der Waals surface area contributed by atoms with Crippen LogP contribution in [-0.2, 0) is 4.79 Å². The van der Waals surface area contributed by atoms with Gasteiger partial charge in [0.1, 0.15) is 0 Å². The molecule has 3 amide bonds. The number of hydrogen-bond donors (Lipinski definition) is 3. The van der Waals surface area contributed by atoms with Crippen molar-refractivity contribution in [1.82, 2.24) is 4.90 Å². The van der Waals surface area contributed by atoms with Crippen molar-refractivity contribution in [3.8, 4) is 0 Å². The molecule has 1 saturated heterocycles. The van der Waals surface area contributed by atoms with E-state index in [0.29, 0.717) is 22.5 Å². The van der Waals surface area contributed by atoms with Gasteiger partial charge in [-0.2, -0.15) is 0 Å². The fraction of sp³-hybridized carbons (Fsp3) is 0.276. The van der Waals surface area contributed by atoms with Gasteiger partial charge in [-0.15, -0.1) is 0 Å². The number of amides is 3. The Kier molecular flexibility index (Phi) is 8.34. The summed E-state index contributed by atoms with van der Waals surface area (Å²) >= 11 is 0. The molecular weight excluding hydrogens is 452 g/mol. The maximum Gasteiger partial charge on any atom is 0.255 e. The van der Waals surface area contributed by atoms with Crippen LogP contribution in [-0.4, -0.2) is 42.3 Å². The SMILES string of the molecule is Cc1cccc(C(=O)Nc2ccc(NC(=O)CNc3cccc(C(=O)N4CCCCCC4)c3)cc2)c1. The summed E-state index contributed by atoms with van der Waals surface area (Å²) in [5.74, 6) is -0.355. The Morgan fingerprint density at radius 3 is 2.06 bits per heavy atom. The predicted molar refractivity (Wildman–Crippen MR) is 144 cm³/mol. The molecule has 186 valence electrons. The van der Waals surface area contributed by atoms with Crippen molar-refractivity contribution in [2.24, 2.45) is 0 Å². The number of rotatable bonds is 7. The minimum atomic E-state index is -0.212. The van der Waals surface area contributed by atoms with Crippen LogP contribution in [0, 0.1) is 6.92 Å². The van der Waals surface area contributed by atoms with Gasteiger partial charge in [-0.25, -0.2) is 0 Å².